The zero-order valence-corrected chi connectivity index (χ0v) is 10.6. The second-order valence-electron chi connectivity index (χ2n) is 4.23. The molecule has 0 aliphatic rings. The normalized spacial score (nSPS) is 10.3. The Balaban J connectivity index is 2.46. The summed E-state index contributed by atoms with van der Waals surface area (Å²) in [5.41, 5.74) is 4.68. The van der Waals surface area contributed by atoms with E-state index in [1.807, 2.05) is 50.4 Å². The Bertz CT molecular complexity index is 564. The van der Waals surface area contributed by atoms with Gasteiger partial charge in [-0.05, 0) is 37.7 Å². The maximum absolute atomic E-state index is 11.0. The molecule has 0 aliphatic heterocycles. The lowest BCUT2D eigenvalue weighted by molar-refractivity contribution is 0.112. The highest BCUT2D eigenvalue weighted by Gasteiger charge is 2.05. The van der Waals surface area contributed by atoms with E-state index in [2.05, 4.69) is 10.3 Å². The maximum Gasteiger partial charge on any atom is 0.150 e. The van der Waals surface area contributed by atoms with Crippen LogP contribution in [0.25, 0.3) is 11.3 Å². The summed E-state index contributed by atoms with van der Waals surface area (Å²) in [6.45, 7) is 2.64. The minimum atomic E-state index is 0.674. The van der Waals surface area contributed by atoms with Gasteiger partial charge in [0.2, 0.25) is 0 Å². The molecule has 0 saturated heterocycles. The molecule has 3 nitrogen and oxygen atoms in total. The van der Waals surface area contributed by atoms with Gasteiger partial charge in [-0.3, -0.25) is 9.78 Å². The Morgan fingerprint density at radius 1 is 1.28 bits per heavy atom. The molecule has 0 aliphatic carbocycles. The molecule has 0 fully saturated rings. The zero-order chi connectivity index (χ0) is 13.0. The van der Waals surface area contributed by atoms with Crippen LogP contribution in [0.1, 0.15) is 21.6 Å². The molecular formula is C15H16N2O. The second kappa shape index (κ2) is 5.56. The van der Waals surface area contributed by atoms with E-state index >= 15 is 0 Å². The van der Waals surface area contributed by atoms with Gasteiger partial charge in [-0.1, -0.05) is 18.2 Å². The van der Waals surface area contributed by atoms with Crippen LogP contribution < -0.4 is 5.32 Å². The second-order valence-corrected chi connectivity index (χ2v) is 4.23. The molecule has 0 bridgehead atoms. The number of rotatable bonds is 4. The van der Waals surface area contributed by atoms with E-state index in [9.17, 15) is 4.79 Å². The number of hydrogen-bond donors (Lipinski definition) is 1. The fraction of sp³-hybridized carbons (Fsp3) is 0.200. The van der Waals surface area contributed by atoms with Crippen LogP contribution in [0, 0.1) is 6.92 Å². The molecule has 0 radical (unpaired) electrons. The van der Waals surface area contributed by atoms with Crippen molar-refractivity contribution >= 4 is 6.29 Å². The molecule has 2 rings (SSSR count). The van der Waals surface area contributed by atoms with Gasteiger partial charge in [0.15, 0.2) is 0 Å². The zero-order valence-electron chi connectivity index (χ0n) is 10.6. The summed E-state index contributed by atoms with van der Waals surface area (Å²) >= 11 is 0. The van der Waals surface area contributed by atoms with E-state index in [0.29, 0.717) is 6.54 Å². The van der Waals surface area contributed by atoms with Crippen molar-refractivity contribution < 1.29 is 4.79 Å². The smallest absolute Gasteiger partial charge is 0.150 e. The standard InChI is InChI=1S/C15H16N2O/c1-11-4-3-5-15(17-11)12-6-7-13(10-18)14(8-12)9-16-2/h3-8,10,16H,9H2,1-2H3. The largest absolute Gasteiger partial charge is 0.316 e. The topological polar surface area (TPSA) is 42.0 Å². The van der Waals surface area contributed by atoms with Gasteiger partial charge in [-0.15, -0.1) is 0 Å². The van der Waals surface area contributed by atoms with Gasteiger partial charge in [-0.25, -0.2) is 0 Å². The molecule has 18 heavy (non-hydrogen) atoms. The lowest BCUT2D eigenvalue weighted by Crippen LogP contribution is -2.07. The predicted molar refractivity (Wildman–Crippen MR) is 72.6 cm³/mol. The number of aromatic nitrogens is 1. The average molecular weight is 240 g/mol. The Morgan fingerprint density at radius 3 is 2.78 bits per heavy atom. The van der Waals surface area contributed by atoms with Gasteiger partial charge >= 0.3 is 0 Å². The summed E-state index contributed by atoms with van der Waals surface area (Å²) in [5, 5.41) is 3.07. The predicted octanol–water partition coefficient (Wildman–Crippen LogP) is 2.59. The number of carbonyl (C=O) groups excluding carboxylic acids is 1. The van der Waals surface area contributed by atoms with Crippen molar-refractivity contribution in [2.45, 2.75) is 13.5 Å². The number of hydrogen-bond acceptors (Lipinski definition) is 3. The third-order valence-electron chi connectivity index (χ3n) is 2.82. The lowest BCUT2D eigenvalue weighted by atomic mass is 10.0. The van der Waals surface area contributed by atoms with Crippen LogP contribution in [-0.4, -0.2) is 18.3 Å². The van der Waals surface area contributed by atoms with E-state index in [4.69, 9.17) is 0 Å². The van der Waals surface area contributed by atoms with E-state index in [0.717, 1.165) is 34.4 Å². The average Bonchev–Trinajstić information content (AvgIpc) is 2.39. The first-order chi connectivity index (χ1) is 8.74. The van der Waals surface area contributed by atoms with Crippen LogP contribution in [0.4, 0.5) is 0 Å². The fourth-order valence-corrected chi connectivity index (χ4v) is 1.93. The Labute approximate surface area is 107 Å². The molecule has 1 heterocycles. The van der Waals surface area contributed by atoms with Crippen molar-refractivity contribution in [2.75, 3.05) is 7.05 Å². The van der Waals surface area contributed by atoms with Crippen LogP contribution in [0.5, 0.6) is 0 Å². The van der Waals surface area contributed by atoms with E-state index in [1.165, 1.54) is 0 Å². The summed E-state index contributed by atoms with van der Waals surface area (Å²) in [6.07, 6.45) is 0.889. The first-order valence-corrected chi connectivity index (χ1v) is 5.91. The number of aldehydes is 1. The van der Waals surface area contributed by atoms with E-state index in [1.54, 1.807) is 0 Å². The van der Waals surface area contributed by atoms with Crippen LogP contribution in [-0.2, 0) is 6.54 Å². The Morgan fingerprint density at radius 2 is 2.11 bits per heavy atom. The monoisotopic (exact) mass is 240 g/mol. The number of carbonyl (C=O) groups is 1. The molecule has 3 heteroatoms. The van der Waals surface area contributed by atoms with E-state index < -0.39 is 0 Å². The SMILES string of the molecule is CNCc1cc(-c2cccc(C)n2)ccc1C=O. The van der Waals surface area contributed by atoms with Crippen molar-refractivity contribution in [1.82, 2.24) is 10.3 Å². The molecular weight excluding hydrogens is 224 g/mol. The van der Waals surface area contributed by atoms with Gasteiger partial charge in [0, 0.05) is 23.4 Å². The van der Waals surface area contributed by atoms with Crippen molar-refractivity contribution in [2.24, 2.45) is 0 Å². The minimum absolute atomic E-state index is 0.674. The number of benzene rings is 1. The highest BCUT2D eigenvalue weighted by atomic mass is 16.1. The minimum Gasteiger partial charge on any atom is -0.316 e. The number of nitrogens with zero attached hydrogens (tertiary/aromatic N) is 1. The highest BCUT2D eigenvalue weighted by molar-refractivity contribution is 5.79. The third-order valence-corrected chi connectivity index (χ3v) is 2.82. The van der Waals surface area contributed by atoms with Gasteiger partial charge in [0.25, 0.3) is 0 Å². The van der Waals surface area contributed by atoms with E-state index in [-0.39, 0.29) is 0 Å². The van der Waals surface area contributed by atoms with Crippen LogP contribution in [0.2, 0.25) is 0 Å². The highest BCUT2D eigenvalue weighted by Crippen LogP contribution is 2.20. The molecule has 92 valence electrons. The number of nitrogens with one attached hydrogen (secondary N) is 1. The van der Waals surface area contributed by atoms with Gasteiger partial charge in [0.05, 0.1) is 5.69 Å². The molecule has 0 amide bonds. The summed E-state index contributed by atoms with van der Waals surface area (Å²) in [5.74, 6) is 0. The Kier molecular flexibility index (Phi) is 3.85. The first kappa shape index (κ1) is 12.5. The summed E-state index contributed by atoms with van der Waals surface area (Å²) in [7, 11) is 1.87. The molecule has 1 aromatic heterocycles. The fourth-order valence-electron chi connectivity index (χ4n) is 1.93. The van der Waals surface area contributed by atoms with Crippen molar-refractivity contribution in [3.05, 3.63) is 53.2 Å². The molecule has 0 unspecified atom stereocenters. The summed E-state index contributed by atoms with van der Waals surface area (Å²) in [4.78, 5) is 15.5. The maximum atomic E-state index is 11.0. The van der Waals surface area contributed by atoms with Gasteiger partial charge in [-0.2, -0.15) is 0 Å². The van der Waals surface area contributed by atoms with Crippen LogP contribution in [0.3, 0.4) is 0 Å². The quantitative estimate of drug-likeness (QED) is 0.835. The lowest BCUT2D eigenvalue weighted by Gasteiger charge is -2.08. The number of aryl methyl sites for hydroxylation is 1. The first-order valence-electron chi connectivity index (χ1n) is 5.91. The summed E-state index contributed by atoms with van der Waals surface area (Å²) in [6, 6.07) is 11.7. The van der Waals surface area contributed by atoms with Crippen LogP contribution >= 0.6 is 0 Å². The molecule has 0 spiro atoms. The van der Waals surface area contributed by atoms with Gasteiger partial charge < -0.3 is 5.32 Å². The Hall–Kier alpha value is -2.00. The molecule has 0 saturated carbocycles. The van der Waals surface area contributed by atoms with Crippen LogP contribution in [0.15, 0.2) is 36.4 Å². The van der Waals surface area contributed by atoms with Crippen molar-refractivity contribution in [3.63, 3.8) is 0 Å². The third kappa shape index (κ3) is 2.63. The van der Waals surface area contributed by atoms with Gasteiger partial charge in [0.1, 0.15) is 6.29 Å². The molecule has 1 N–H and O–H groups in total. The summed E-state index contributed by atoms with van der Waals surface area (Å²) < 4.78 is 0. The van der Waals surface area contributed by atoms with Crippen molar-refractivity contribution in [1.29, 1.82) is 0 Å². The molecule has 2 aromatic rings. The van der Waals surface area contributed by atoms with Crippen molar-refractivity contribution in [3.8, 4) is 11.3 Å². The number of pyridine rings is 1. The molecule has 0 atom stereocenters. The molecule has 1 aromatic carbocycles.